The van der Waals surface area contributed by atoms with Crippen LogP contribution in [0.4, 0.5) is 0 Å². The van der Waals surface area contributed by atoms with E-state index < -0.39 is 0 Å². The molecule has 86 valence electrons. The van der Waals surface area contributed by atoms with E-state index in [1.54, 1.807) is 0 Å². The summed E-state index contributed by atoms with van der Waals surface area (Å²) in [7, 11) is 0. The number of benzene rings is 1. The minimum Gasteiger partial charge on any atom is -0.411 e. The highest BCUT2D eigenvalue weighted by Crippen LogP contribution is 2.08. The normalized spacial score (nSPS) is 15.0. The van der Waals surface area contributed by atoms with Crippen molar-refractivity contribution in [3.05, 3.63) is 35.9 Å². The second-order valence-corrected chi connectivity index (χ2v) is 3.39. The minimum atomic E-state index is 0. The second-order valence-electron chi connectivity index (χ2n) is 3.39. The van der Waals surface area contributed by atoms with Gasteiger partial charge in [-0.2, -0.15) is 0 Å². The van der Waals surface area contributed by atoms with Gasteiger partial charge in [0.05, 0.1) is 6.54 Å². The van der Waals surface area contributed by atoms with Gasteiger partial charge in [-0.25, -0.2) is 0 Å². The Hall–Kier alpha value is -1.55. The van der Waals surface area contributed by atoms with Gasteiger partial charge in [0, 0.05) is 13.1 Å². The average Bonchev–Trinajstić information content (AvgIpc) is 2.68. The van der Waals surface area contributed by atoms with Crippen LogP contribution < -0.4 is 0 Å². The van der Waals surface area contributed by atoms with E-state index >= 15 is 0 Å². The zero-order valence-electron chi connectivity index (χ0n) is 8.78. The molecule has 0 bridgehead atoms. The van der Waals surface area contributed by atoms with E-state index in [1.165, 1.54) is 11.8 Å². The smallest absolute Gasteiger partial charge is 0.146 e. The fourth-order valence-electron chi connectivity index (χ4n) is 1.64. The molecule has 16 heavy (non-hydrogen) atoms. The van der Waals surface area contributed by atoms with Crippen molar-refractivity contribution in [2.45, 2.75) is 6.54 Å². The van der Waals surface area contributed by atoms with Gasteiger partial charge >= 0.3 is 0 Å². The molecule has 1 aromatic rings. The first-order valence-electron chi connectivity index (χ1n) is 4.91. The zero-order valence-corrected chi connectivity index (χ0v) is 9.60. The van der Waals surface area contributed by atoms with Crippen molar-refractivity contribution in [1.29, 1.82) is 0 Å². The number of hydrogen-bond donors (Lipinski definition) is 1. The third kappa shape index (κ3) is 2.97. The maximum atomic E-state index is 8.47. The predicted octanol–water partition coefficient (Wildman–Crippen LogP) is 1.78. The molecule has 1 aromatic carbocycles. The Bertz CT molecular complexity index is 378. The number of aliphatic imine (C=N–C) groups is 1. The molecule has 1 aliphatic rings. The van der Waals surface area contributed by atoms with Crippen LogP contribution in [0.5, 0.6) is 0 Å². The molecular formula is C11H14ClN3O. The van der Waals surface area contributed by atoms with Crippen molar-refractivity contribution >= 4 is 24.5 Å². The van der Waals surface area contributed by atoms with E-state index in [0.717, 1.165) is 25.5 Å². The molecule has 0 saturated carbocycles. The van der Waals surface area contributed by atoms with E-state index in [2.05, 4.69) is 27.2 Å². The standard InChI is InChI=1S/C11H13N3O.ClH/c15-13-8-11-12-6-7-14(11)9-10-4-2-1-3-5-10;/h1-5,8,15H,6-7,9H2;1H/b13-8+;. The third-order valence-corrected chi connectivity index (χ3v) is 2.36. The third-order valence-electron chi connectivity index (χ3n) is 2.36. The summed E-state index contributed by atoms with van der Waals surface area (Å²) < 4.78 is 0. The second kappa shape index (κ2) is 6.12. The fourth-order valence-corrected chi connectivity index (χ4v) is 1.64. The predicted molar refractivity (Wildman–Crippen MR) is 66.7 cm³/mol. The molecule has 2 rings (SSSR count). The Kier molecular flexibility index (Phi) is 4.79. The molecule has 0 saturated heterocycles. The maximum absolute atomic E-state index is 8.47. The number of halogens is 1. The van der Waals surface area contributed by atoms with Crippen molar-refractivity contribution in [2.75, 3.05) is 13.1 Å². The lowest BCUT2D eigenvalue weighted by atomic mass is 10.2. The number of oxime groups is 1. The Morgan fingerprint density at radius 1 is 1.38 bits per heavy atom. The number of rotatable bonds is 3. The van der Waals surface area contributed by atoms with Crippen LogP contribution in [-0.4, -0.2) is 35.2 Å². The molecule has 1 aliphatic heterocycles. The van der Waals surface area contributed by atoms with Crippen LogP contribution in [-0.2, 0) is 6.54 Å². The number of amidine groups is 1. The lowest BCUT2D eigenvalue weighted by Crippen LogP contribution is -2.28. The van der Waals surface area contributed by atoms with Gasteiger partial charge in [0.1, 0.15) is 12.1 Å². The Labute approximate surface area is 101 Å². The molecule has 5 heteroatoms. The lowest BCUT2D eigenvalue weighted by molar-refractivity contribution is 0.321. The Morgan fingerprint density at radius 2 is 2.12 bits per heavy atom. The summed E-state index contributed by atoms with van der Waals surface area (Å²) in [5.74, 6) is 0.751. The first kappa shape index (κ1) is 12.5. The van der Waals surface area contributed by atoms with Gasteiger partial charge < -0.3 is 10.1 Å². The molecule has 0 unspecified atom stereocenters. The van der Waals surface area contributed by atoms with Crippen LogP contribution in [0.2, 0.25) is 0 Å². The summed E-state index contributed by atoms with van der Waals surface area (Å²) in [5.41, 5.74) is 1.23. The minimum absolute atomic E-state index is 0. The SMILES string of the molecule is Cl.O/N=C/C1=NCCN1Cc1ccccc1. The average molecular weight is 240 g/mol. The Balaban J connectivity index is 0.00000128. The van der Waals surface area contributed by atoms with E-state index in [9.17, 15) is 0 Å². The number of hydrogen-bond acceptors (Lipinski definition) is 4. The molecule has 0 fully saturated rings. The summed E-state index contributed by atoms with van der Waals surface area (Å²) >= 11 is 0. The monoisotopic (exact) mass is 239 g/mol. The van der Waals surface area contributed by atoms with Gasteiger partial charge in [0.2, 0.25) is 0 Å². The van der Waals surface area contributed by atoms with E-state index in [4.69, 9.17) is 5.21 Å². The summed E-state index contributed by atoms with van der Waals surface area (Å²) in [4.78, 5) is 6.33. The summed E-state index contributed by atoms with van der Waals surface area (Å²) in [6, 6.07) is 10.2. The van der Waals surface area contributed by atoms with Crippen LogP contribution in [0.3, 0.4) is 0 Å². The van der Waals surface area contributed by atoms with Crippen molar-refractivity contribution in [1.82, 2.24) is 4.90 Å². The topological polar surface area (TPSA) is 48.2 Å². The van der Waals surface area contributed by atoms with Gasteiger partial charge in [-0.3, -0.25) is 4.99 Å². The molecule has 0 aliphatic carbocycles. The Morgan fingerprint density at radius 3 is 2.81 bits per heavy atom. The molecule has 0 radical (unpaired) electrons. The molecule has 0 amide bonds. The highest BCUT2D eigenvalue weighted by atomic mass is 35.5. The molecule has 4 nitrogen and oxygen atoms in total. The van der Waals surface area contributed by atoms with Crippen molar-refractivity contribution in [2.24, 2.45) is 10.1 Å². The zero-order chi connectivity index (χ0) is 10.5. The molecule has 0 aromatic heterocycles. The van der Waals surface area contributed by atoms with Gasteiger partial charge in [-0.05, 0) is 5.56 Å². The maximum Gasteiger partial charge on any atom is 0.146 e. The van der Waals surface area contributed by atoms with E-state index in [1.807, 2.05) is 18.2 Å². The first-order chi connectivity index (χ1) is 7.40. The van der Waals surface area contributed by atoms with Gasteiger partial charge in [-0.15, -0.1) is 12.4 Å². The highest BCUT2D eigenvalue weighted by Gasteiger charge is 2.14. The summed E-state index contributed by atoms with van der Waals surface area (Å²) in [5, 5.41) is 11.5. The van der Waals surface area contributed by atoms with Gasteiger partial charge in [-0.1, -0.05) is 35.5 Å². The lowest BCUT2D eigenvalue weighted by Gasteiger charge is -2.17. The quantitative estimate of drug-likeness (QED) is 0.497. The van der Waals surface area contributed by atoms with Crippen LogP contribution in [0.25, 0.3) is 0 Å². The highest BCUT2D eigenvalue weighted by molar-refractivity contribution is 6.29. The molecule has 1 heterocycles. The molecular weight excluding hydrogens is 226 g/mol. The van der Waals surface area contributed by atoms with Crippen molar-refractivity contribution in [3.63, 3.8) is 0 Å². The van der Waals surface area contributed by atoms with Gasteiger partial charge in [0.25, 0.3) is 0 Å². The molecule has 0 spiro atoms. The number of nitrogens with zero attached hydrogens (tertiary/aromatic N) is 3. The van der Waals surface area contributed by atoms with Crippen LogP contribution in [0.1, 0.15) is 5.56 Å². The molecule has 1 N–H and O–H groups in total. The summed E-state index contributed by atoms with van der Waals surface area (Å²) in [6.45, 7) is 2.47. The largest absolute Gasteiger partial charge is 0.411 e. The van der Waals surface area contributed by atoms with Crippen LogP contribution in [0, 0.1) is 0 Å². The fraction of sp³-hybridized carbons (Fsp3) is 0.273. The van der Waals surface area contributed by atoms with Crippen molar-refractivity contribution < 1.29 is 5.21 Å². The van der Waals surface area contributed by atoms with Gasteiger partial charge in [0.15, 0.2) is 0 Å². The van der Waals surface area contributed by atoms with Crippen LogP contribution >= 0.6 is 12.4 Å². The first-order valence-corrected chi connectivity index (χ1v) is 4.91. The van der Waals surface area contributed by atoms with Crippen LogP contribution in [0.15, 0.2) is 40.5 Å². The van der Waals surface area contributed by atoms with Crippen molar-refractivity contribution in [3.8, 4) is 0 Å². The van der Waals surface area contributed by atoms with E-state index in [0.29, 0.717) is 0 Å². The summed E-state index contributed by atoms with van der Waals surface area (Å²) in [6.07, 6.45) is 1.38. The van der Waals surface area contributed by atoms with E-state index in [-0.39, 0.29) is 12.4 Å². The molecule has 0 atom stereocenters.